The van der Waals surface area contributed by atoms with Crippen molar-refractivity contribution < 1.29 is 23.8 Å². The zero-order chi connectivity index (χ0) is 23.1. The van der Waals surface area contributed by atoms with Gasteiger partial charge in [-0.05, 0) is 55.0 Å². The number of aromatic nitrogens is 1. The molecule has 4 heterocycles. The van der Waals surface area contributed by atoms with Crippen LogP contribution in [0.2, 0.25) is 0 Å². The molecule has 1 aromatic carbocycles. The summed E-state index contributed by atoms with van der Waals surface area (Å²) < 4.78 is 11.5. The second-order valence-corrected chi connectivity index (χ2v) is 8.18. The molecule has 5 rings (SSSR count). The van der Waals surface area contributed by atoms with Crippen molar-refractivity contribution in [2.45, 2.75) is 19.5 Å². The number of aliphatic hydroxyl groups excluding tert-OH is 1. The average molecular weight is 445 g/mol. The van der Waals surface area contributed by atoms with Gasteiger partial charge in [0.25, 0.3) is 11.7 Å². The maximum Gasteiger partial charge on any atom is 0.296 e. The Labute approximate surface area is 190 Å². The van der Waals surface area contributed by atoms with E-state index in [0.717, 1.165) is 11.3 Å². The third-order valence-electron chi connectivity index (χ3n) is 6.00. The number of hydrogen-bond acceptors (Lipinski definition) is 7. The van der Waals surface area contributed by atoms with E-state index in [1.165, 1.54) is 4.90 Å². The van der Waals surface area contributed by atoms with Crippen molar-refractivity contribution in [2.75, 3.05) is 25.1 Å². The lowest BCUT2D eigenvalue weighted by atomic mass is 9.98. The summed E-state index contributed by atoms with van der Waals surface area (Å²) in [6.45, 7) is 3.25. The molecule has 168 valence electrons. The third kappa shape index (κ3) is 3.63. The molecule has 33 heavy (non-hydrogen) atoms. The molecule has 0 bridgehead atoms. The first-order chi connectivity index (χ1) is 15.9. The van der Waals surface area contributed by atoms with E-state index in [0.29, 0.717) is 36.0 Å². The summed E-state index contributed by atoms with van der Waals surface area (Å²) in [5.74, 6) is 0.0876. The molecule has 2 aromatic heterocycles. The molecule has 1 saturated heterocycles. The van der Waals surface area contributed by atoms with Crippen LogP contribution in [0.25, 0.3) is 5.76 Å². The SMILES string of the molecule is Cc1ccc(C2/C(=C(/O)c3ccc4c(c3)N(C)CCO4)C(=O)C(=O)N2Cc2ccncc2)o1. The van der Waals surface area contributed by atoms with Crippen LogP contribution < -0.4 is 9.64 Å². The van der Waals surface area contributed by atoms with Gasteiger partial charge in [0.15, 0.2) is 0 Å². The Balaban J connectivity index is 1.63. The number of pyridine rings is 1. The fourth-order valence-corrected chi connectivity index (χ4v) is 4.28. The number of nitrogens with zero attached hydrogens (tertiary/aromatic N) is 3. The topological polar surface area (TPSA) is 96.1 Å². The molecule has 3 aromatic rings. The number of carbonyl (C=O) groups excluding carboxylic acids is 2. The number of amides is 1. The number of fused-ring (bicyclic) bond motifs is 1. The maximum absolute atomic E-state index is 13.2. The van der Waals surface area contributed by atoms with Crippen molar-refractivity contribution in [1.29, 1.82) is 0 Å². The highest BCUT2D eigenvalue weighted by molar-refractivity contribution is 6.46. The number of furan rings is 1. The Bertz CT molecular complexity index is 1260. The summed E-state index contributed by atoms with van der Waals surface area (Å²) in [6, 6.07) is 11.4. The van der Waals surface area contributed by atoms with E-state index in [1.807, 2.05) is 11.9 Å². The van der Waals surface area contributed by atoms with Crippen molar-refractivity contribution in [1.82, 2.24) is 9.88 Å². The Morgan fingerprint density at radius 3 is 2.67 bits per heavy atom. The zero-order valence-electron chi connectivity index (χ0n) is 18.3. The number of hydrogen-bond donors (Lipinski definition) is 1. The second kappa shape index (κ2) is 8.12. The van der Waals surface area contributed by atoms with Crippen molar-refractivity contribution >= 4 is 23.1 Å². The minimum absolute atomic E-state index is 0.00253. The number of anilines is 1. The Morgan fingerprint density at radius 1 is 1.15 bits per heavy atom. The molecular weight excluding hydrogens is 422 g/mol. The smallest absolute Gasteiger partial charge is 0.296 e. The molecule has 0 radical (unpaired) electrons. The summed E-state index contributed by atoms with van der Waals surface area (Å²) >= 11 is 0. The Hall–Kier alpha value is -4.07. The first-order valence-corrected chi connectivity index (χ1v) is 10.7. The van der Waals surface area contributed by atoms with Gasteiger partial charge in [-0.2, -0.15) is 0 Å². The van der Waals surface area contributed by atoms with Gasteiger partial charge in [0.05, 0.1) is 17.8 Å². The van der Waals surface area contributed by atoms with Crippen molar-refractivity contribution in [3.63, 3.8) is 0 Å². The van der Waals surface area contributed by atoms with E-state index < -0.39 is 17.7 Å². The number of likely N-dealkylation sites (tertiary alicyclic amines) is 1. The van der Waals surface area contributed by atoms with E-state index in [1.54, 1.807) is 61.8 Å². The summed E-state index contributed by atoms with van der Waals surface area (Å²) in [7, 11) is 1.93. The van der Waals surface area contributed by atoms with Crippen LogP contribution in [-0.4, -0.2) is 46.9 Å². The number of benzene rings is 1. The van der Waals surface area contributed by atoms with Gasteiger partial charge in [-0.3, -0.25) is 14.6 Å². The van der Waals surface area contributed by atoms with Gasteiger partial charge in [-0.15, -0.1) is 0 Å². The fourth-order valence-electron chi connectivity index (χ4n) is 4.28. The number of ketones is 1. The van der Waals surface area contributed by atoms with Crippen LogP contribution in [-0.2, 0) is 16.1 Å². The van der Waals surface area contributed by atoms with Crippen LogP contribution in [0.5, 0.6) is 5.75 Å². The van der Waals surface area contributed by atoms with E-state index in [2.05, 4.69) is 4.98 Å². The molecule has 0 aliphatic carbocycles. The predicted molar refractivity (Wildman–Crippen MR) is 121 cm³/mol. The highest BCUT2D eigenvalue weighted by Gasteiger charge is 2.47. The summed E-state index contributed by atoms with van der Waals surface area (Å²) in [5.41, 5.74) is 2.05. The lowest BCUT2D eigenvalue weighted by molar-refractivity contribution is -0.140. The molecule has 1 unspecified atom stereocenters. The average Bonchev–Trinajstić information content (AvgIpc) is 3.35. The van der Waals surface area contributed by atoms with Crippen LogP contribution >= 0.6 is 0 Å². The Kier molecular flexibility index (Phi) is 5.12. The first-order valence-electron chi connectivity index (χ1n) is 10.7. The van der Waals surface area contributed by atoms with Crippen LogP contribution in [0, 0.1) is 6.92 Å². The van der Waals surface area contributed by atoms with Gasteiger partial charge in [0.1, 0.15) is 35.7 Å². The van der Waals surface area contributed by atoms with Crippen molar-refractivity contribution in [3.05, 3.63) is 83.1 Å². The minimum Gasteiger partial charge on any atom is -0.507 e. The number of ether oxygens (including phenoxy) is 1. The largest absolute Gasteiger partial charge is 0.507 e. The van der Waals surface area contributed by atoms with E-state index in [-0.39, 0.29) is 17.9 Å². The molecule has 8 heteroatoms. The number of aryl methyl sites for hydroxylation is 1. The van der Waals surface area contributed by atoms with Crippen LogP contribution in [0.1, 0.15) is 28.7 Å². The third-order valence-corrected chi connectivity index (χ3v) is 6.00. The Morgan fingerprint density at radius 2 is 1.94 bits per heavy atom. The zero-order valence-corrected chi connectivity index (χ0v) is 18.3. The monoisotopic (exact) mass is 445 g/mol. The quantitative estimate of drug-likeness (QED) is 0.373. The van der Waals surface area contributed by atoms with Gasteiger partial charge in [-0.25, -0.2) is 0 Å². The van der Waals surface area contributed by atoms with E-state index in [9.17, 15) is 14.7 Å². The molecule has 0 saturated carbocycles. The number of carbonyl (C=O) groups is 2. The molecule has 0 spiro atoms. The van der Waals surface area contributed by atoms with Crippen LogP contribution in [0.15, 0.2) is 64.8 Å². The summed E-state index contributed by atoms with van der Waals surface area (Å²) in [6.07, 6.45) is 3.26. The lowest BCUT2D eigenvalue weighted by Crippen LogP contribution is -2.29. The second-order valence-electron chi connectivity index (χ2n) is 8.18. The number of rotatable bonds is 4. The van der Waals surface area contributed by atoms with E-state index in [4.69, 9.17) is 9.15 Å². The molecular formula is C25H23N3O5. The normalized spacial score (nSPS) is 19.5. The maximum atomic E-state index is 13.2. The van der Waals surface area contributed by atoms with Crippen LogP contribution in [0.4, 0.5) is 5.69 Å². The summed E-state index contributed by atoms with van der Waals surface area (Å²) in [4.78, 5) is 33.7. The number of aliphatic hydroxyl groups is 1. The van der Waals surface area contributed by atoms with Gasteiger partial charge in [0.2, 0.25) is 0 Å². The molecule has 2 aliphatic heterocycles. The molecule has 1 atom stereocenters. The fraction of sp³-hybridized carbons (Fsp3) is 0.240. The van der Waals surface area contributed by atoms with Gasteiger partial charge in [0, 0.05) is 31.5 Å². The van der Waals surface area contributed by atoms with Gasteiger partial charge in [-0.1, -0.05) is 0 Å². The first kappa shape index (κ1) is 20.8. The highest BCUT2D eigenvalue weighted by Crippen LogP contribution is 2.42. The molecule has 1 amide bonds. The van der Waals surface area contributed by atoms with Gasteiger partial charge < -0.3 is 24.1 Å². The lowest BCUT2D eigenvalue weighted by Gasteiger charge is -2.28. The van der Waals surface area contributed by atoms with E-state index >= 15 is 0 Å². The standard InChI is InChI=1S/C25H23N3O5/c1-15-3-5-20(33-15)22-21(24(30)25(31)28(22)14-16-7-9-26-10-8-16)23(29)17-4-6-19-18(13-17)27(2)11-12-32-19/h3-10,13,22,29H,11-12,14H2,1-2H3/b23-21-. The molecule has 1 N–H and O–H groups in total. The summed E-state index contributed by atoms with van der Waals surface area (Å²) in [5, 5.41) is 11.3. The van der Waals surface area contributed by atoms with Crippen LogP contribution in [0.3, 0.4) is 0 Å². The predicted octanol–water partition coefficient (Wildman–Crippen LogP) is 3.43. The molecule has 2 aliphatic rings. The number of likely N-dealkylation sites (N-methyl/N-ethyl adjacent to an activating group) is 1. The van der Waals surface area contributed by atoms with Gasteiger partial charge >= 0.3 is 0 Å². The van der Waals surface area contributed by atoms with Crippen molar-refractivity contribution in [3.8, 4) is 5.75 Å². The molecule has 8 nitrogen and oxygen atoms in total. The molecule has 1 fully saturated rings. The van der Waals surface area contributed by atoms with Crippen molar-refractivity contribution in [2.24, 2.45) is 0 Å². The highest BCUT2D eigenvalue weighted by atomic mass is 16.5. The minimum atomic E-state index is -0.850. The number of Topliss-reactive ketones (excluding diaryl/α,β-unsaturated/α-hetero) is 1.